The molecule has 0 aliphatic rings. The predicted molar refractivity (Wildman–Crippen MR) is 83.6 cm³/mol. The Balaban J connectivity index is 2.38. The van der Waals surface area contributed by atoms with Gasteiger partial charge in [0.15, 0.2) is 0 Å². The van der Waals surface area contributed by atoms with Crippen LogP contribution in [-0.4, -0.2) is 0 Å². The first kappa shape index (κ1) is 12.0. The van der Waals surface area contributed by atoms with Gasteiger partial charge in [-0.25, -0.2) is 0 Å². The van der Waals surface area contributed by atoms with Crippen molar-refractivity contribution < 1.29 is 0 Å². The molecule has 0 amide bonds. The average Bonchev–Trinajstić information content (AvgIpc) is 2.40. The number of benzene rings is 3. The number of hydrogen-bond donors (Lipinski definition) is 0. The highest BCUT2D eigenvalue weighted by atomic mass is 14.1. The predicted octanol–water partition coefficient (Wildman–Crippen LogP) is 5.43. The summed E-state index contributed by atoms with van der Waals surface area (Å²) in [6.45, 7) is 6.54. The Morgan fingerprint density at radius 1 is 0.684 bits per heavy atom. The SMILES string of the molecule is Cc1ccc(-c2c(C)ccc3ccccc23)c(C)c1. The summed E-state index contributed by atoms with van der Waals surface area (Å²) in [5.41, 5.74) is 6.72. The normalized spacial score (nSPS) is 10.9. The Morgan fingerprint density at radius 3 is 2.26 bits per heavy atom. The fourth-order valence-corrected chi connectivity index (χ4v) is 2.83. The molecule has 0 saturated carbocycles. The van der Waals surface area contributed by atoms with Gasteiger partial charge in [0.05, 0.1) is 0 Å². The second kappa shape index (κ2) is 4.55. The largest absolute Gasteiger partial charge is 0.0616 e. The summed E-state index contributed by atoms with van der Waals surface area (Å²) < 4.78 is 0. The van der Waals surface area contributed by atoms with Crippen molar-refractivity contribution in [1.82, 2.24) is 0 Å². The van der Waals surface area contributed by atoms with Crippen molar-refractivity contribution in [3.8, 4) is 11.1 Å². The van der Waals surface area contributed by atoms with Crippen LogP contribution in [0.3, 0.4) is 0 Å². The molecular weight excluding hydrogens is 228 g/mol. The van der Waals surface area contributed by atoms with Gasteiger partial charge in [-0.15, -0.1) is 0 Å². The molecule has 94 valence electrons. The molecule has 0 bridgehead atoms. The van der Waals surface area contributed by atoms with Crippen LogP contribution in [0.4, 0.5) is 0 Å². The number of fused-ring (bicyclic) bond motifs is 1. The van der Waals surface area contributed by atoms with Crippen molar-refractivity contribution >= 4 is 10.8 Å². The highest BCUT2D eigenvalue weighted by Gasteiger charge is 2.09. The van der Waals surface area contributed by atoms with E-state index in [0.717, 1.165) is 0 Å². The van der Waals surface area contributed by atoms with E-state index in [-0.39, 0.29) is 0 Å². The third kappa shape index (κ3) is 2.04. The second-order valence-corrected chi connectivity index (χ2v) is 5.30. The average molecular weight is 246 g/mol. The first-order chi connectivity index (χ1) is 9.16. The van der Waals surface area contributed by atoms with Gasteiger partial charge < -0.3 is 0 Å². The molecule has 3 aromatic rings. The summed E-state index contributed by atoms with van der Waals surface area (Å²) in [6, 6.07) is 19.8. The van der Waals surface area contributed by atoms with Crippen LogP contribution in [0.15, 0.2) is 54.6 Å². The van der Waals surface area contributed by atoms with E-state index < -0.39 is 0 Å². The van der Waals surface area contributed by atoms with Crippen molar-refractivity contribution in [3.63, 3.8) is 0 Å². The second-order valence-electron chi connectivity index (χ2n) is 5.30. The number of rotatable bonds is 1. The molecule has 0 atom stereocenters. The molecule has 0 saturated heterocycles. The van der Waals surface area contributed by atoms with Crippen LogP contribution in [0, 0.1) is 20.8 Å². The van der Waals surface area contributed by atoms with Crippen molar-refractivity contribution in [1.29, 1.82) is 0 Å². The molecule has 0 nitrogen and oxygen atoms in total. The Kier molecular flexibility index (Phi) is 2.87. The van der Waals surface area contributed by atoms with Crippen LogP contribution in [0.2, 0.25) is 0 Å². The molecule has 0 heteroatoms. The lowest BCUT2D eigenvalue weighted by molar-refractivity contribution is 1.37. The third-order valence-corrected chi connectivity index (χ3v) is 3.79. The maximum atomic E-state index is 2.26. The summed E-state index contributed by atoms with van der Waals surface area (Å²) >= 11 is 0. The fourth-order valence-electron chi connectivity index (χ4n) is 2.83. The molecule has 0 aliphatic carbocycles. The molecule has 3 aromatic carbocycles. The minimum atomic E-state index is 1.31. The van der Waals surface area contributed by atoms with Crippen LogP contribution in [0.25, 0.3) is 21.9 Å². The molecule has 0 radical (unpaired) electrons. The van der Waals surface area contributed by atoms with Gasteiger partial charge in [-0.1, -0.05) is 60.2 Å². The summed E-state index contributed by atoms with van der Waals surface area (Å²) in [7, 11) is 0. The lowest BCUT2D eigenvalue weighted by Crippen LogP contribution is -1.90. The van der Waals surface area contributed by atoms with Gasteiger partial charge in [0.25, 0.3) is 0 Å². The van der Waals surface area contributed by atoms with Crippen molar-refractivity contribution in [2.45, 2.75) is 20.8 Å². The van der Waals surface area contributed by atoms with E-state index in [1.54, 1.807) is 0 Å². The molecule has 0 fully saturated rings. The first-order valence-corrected chi connectivity index (χ1v) is 6.73. The van der Waals surface area contributed by atoms with Crippen LogP contribution < -0.4 is 0 Å². The van der Waals surface area contributed by atoms with Crippen molar-refractivity contribution in [2.24, 2.45) is 0 Å². The molecular formula is C19H18. The molecule has 3 rings (SSSR count). The zero-order valence-corrected chi connectivity index (χ0v) is 11.7. The smallest absolute Gasteiger partial charge is 0.00735 e. The monoisotopic (exact) mass is 246 g/mol. The maximum Gasteiger partial charge on any atom is -0.00735 e. The zero-order valence-electron chi connectivity index (χ0n) is 11.7. The van der Waals surface area contributed by atoms with Crippen molar-refractivity contribution in [3.05, 3.63) is 71.3 Å². The van der Waals surface area contributed by atoms with E-state index in [2.05, 4.69) is 75.4 Å². The lowest BCUT2D eigenvalue weighted by atomic mass is 9.91. The van der Waals surface area contributed by atoms with Crippen molar-refractivity contribution in [2.75, 3.05) is 0 Å². The van der Waals surface area contributed by atoms with Crippen LogP contribution in [-0.2, 0) is 0 Å². The van der Waals surface area contributed by atoms with Crippen LogP contribution in [0.5, 0.6) is 0 Å². The number of aryl methyl sites for hydroxylation is 3. The Labute approximate surface area is 114 Å². The third-order valence-electron chi connectivity index (χ3n) is 3.79. The summed E-state index contributed by atoms with van der Waals surface area (Å²) in [5.74, 6) is 0. The molecule has 0 aromatic heterocycles. The Bertz CT molecular complexity index is 751. The molecule has 0 N–H and O–H groups in total. The highest BCUT2D eigenvalue weighted by molar-refractivity contribution is 5.98. The van der Waals surface area contributed by atoms with E-state index in [0.29, 0.717) is 0 Å². The van der Waals surface area contributed by atoms with Gasteiger partial charge in [-0.05, 0) is 53.8 Å². The first-order valence-electron chi connectivity index (χ1n) is 6.73. The van der Waals surface area contributed by atoms with Gasteiger partial charge in [0, 0.05) is 0 Å². The van der Waals surface area contributed by atoms with E-state index in [1.807, 2.05) is 0 Å². The Hall–Kier alpha value is -2.08. The zero-order chi connectivity index (χ0) is 13.4. The Morgan fingerprint density at radius 2 is 1.47 bits per heavy atom. The van der Waals surface area contributed by atoms with Gasteiger partial charge in [0.1, 0.15) is 0 Å². The molecule has 0 aliphatic heterocycles. The van der Waals surface area contributed by atoms with Gasteiger partial charge in [-0.2, -0.15) is 0 Å². The maximum absolute atomic E-state index is 2.26. The quantitative estimate of drug-likeness (QED) is 0.537. The van der Waals surface area contributed by atoms with E-state index >= 15 is 0 Å². The fraction of sp³-hybridized carbons (Fsp3) is 0.158. The number of hydrogen-bond acceptors (Lipinski definition) is 0. The van der Waals surface area contributed by atoms with Crippen LogP contribution >= 0.6 is 0 Å². The highest BCUT2D eigenvalue weighted by Crippen LogP contribution is 2.34. The summed E-state index contributed by atoms with van der Waals surface area (Å²) in [6.07, 6.45) is 0. The van der Waals surface area contributed by atoms with E-state index in [1.165, 1.54) is 38.6 Å². The standard InChI is InChI=1S/C19H18/c1-13-8-11-17(15(3)12-13)19-14(2)9-10-16-6-4-5-7-18(16)19/h4-12H,1-3H3. The minimum Gasteiger partial charge on any atom is -0.0616 e. The van der Waals surface area contributed by atoms with Crippen LogP contribution in [0.1, 0.15) is 16.7 Å². The van der Waals surface area contributed by atoms with Gasteiger partial charge >= 0.3 is 0 Å². The van der Waals surface area contributed by atoms with E-state index in [4.69, 9.17) is 0 Å². The minimum absolute atomic E-state index is 1.31. The van der Waals surface area contributed by atoms with E-state index in [9.17, 15) is 0 Å². The lowest BCUT2D eigenvalue weighted by Gasteiger charge is -2.13. The molecule has 0 heterocycles. The summed E-state index contributed by atoms with van der Waals surface area (Å²) in [4.78, 5) is 0. The molecule has 19 heavy (non-hydrogen) atoms. The molecule has 0 unspecified atom stereocenters. The topological polar surface area (TPSA) is 0 Å². The van der Waals surface area contributed by atoms with Gasteiger partial charge in [-0.3, -0.25) is 0 Å². The van der Waals surface area contributed by atoms with Gasteiger partial charge in [0.2, 0.25) is 0 Å². The molecule has 0 spiro atoms. The summed E-state index contributed by atoms with van der Waals surface area (Å²) in [5, 5.41) is 2.65.